The van der Waals surface area contributed by atoms with Crippen molar-refractivity contribution in [2.45, 2.75) is 71.8 Å². The molecule has 2 nitrogen and oxygen atoms in total. The molecule has 2 rings (SSSR count). The minimum atomic E-state index is 0.769. The number of nitrogens with zero attached hydrogens (tertiary/aromatic N) is 1. The third kappa shape index (κ3) is 5.04. The Morgan fingerprint density at radius 3 is 2.40 bits per heavy atom. The van der Waals surface area contributed by atoms with Gasteiger partial charge < -0.3 is 10.2 Å². The lowest BCUT2D eigenvalue weighted by Gasteiger charge is -2.38. The quantitative estimate of drug-likeness (QED) is 0.821. The summed E-state index contributed by atoms with van der Waals surface area (Å²) in [5, 5.41) is 3.91. The molecule has 2 aliphatic rings. The number of hydrogen-bond donors (Lipinski definition) is 1. The van der Waals surface area contributed by atoms with Crippen LogP contribution in [0.2, 0.25) is 0 Å². The molecular weight excluding hydrogens is 244 g/mol. The first-order valence-electron chi connectivity index (χ1n) is 9.12. The lowest BCUT2D eigenvalue weighted by molar-refractivity contribution is 0.164. The maximum absolute atomic E-state index is 3.91. The van der Waals surface area contributed by atoms with Crippen molar-refractivity contribution >= 4 is 0 Å². The molecule has 2 heteroatoms. The van der Waals surface area contributed by atoms with E-state index >= 15 is 0 Å². The molecule has 1 N–H and O–H groups in total. The van der Waals surface area contributed by atoms with Gasteiger partial charge in [0, 0.05) is 19.1 Å². The molecular formula is C18H36N2. The molecule has 0 spiro atoms. The first kappa shape index (κ1) is 16.3. The van der Waals surface area contributed by atoms with Gasteiger partial charge >= 0.3 is 0 Å². The van der Waals surface area contributed by atoms with Gasteiger partial charge in [-0.05, 0) is 56.5 Å². The topological polar surface area (TPSA) is 15.3 Å². The minimum absolute atomic E-state index is 0.769. The molecule has 118 valence electrons. The molecule has 1 heterocycles. The molecule has 1 saturated heterocycles. The fraction of sp³-hybridized carbons (Fsp3) is 1.00. The average Bonchev–Trinajstić information content (AvgIpc) is 2.67. The first-order chi connectivity index (χ1) is 9.66. The van der Waals surface area contributed by atoms with Crippen LogP contribution in [0, 0.1) is 17.8 Å². The molecule has 0 aromatic heterocycles. The van der Waals surface area contributed by atoms with Crippen LogP contribution in [0.4, 0.5) is 0 Å². The number of likely N-dealkylation sites (tertiary alicyclic amines) is 1. The van der Waals surface area contributed by atoms with E-state index in [1.54, 1.807) is 0 Å². The fourth-order valence-electron chi connectivity index (χ4n) is 4.20. The van der Waals surface area contributed by atoms with Crippen molar-refractivity contribution < 1.29 is 0 Å². The van der Waals surface area contributed by atoms with Crippen LogP contribution in [0.5, 0.6) is 0 Å². The Balaban J connectivity index is 1.72. The second kappa shape index (κ2) is 8.38. The molecule has 0 radical (unpaired) electrons. The Morgan fingerprint density at radius 1 is 1.05 bits per heavy atom. The lowest BCUT2D eigenvalue weighted by atomic mass is 9.74. The zero-order valence-electron chi connectivity index (χ0n) is 14.0. The van der Waals surface area contributed by atoms with Crippen molar-refractivity contribution in [1.82, 2.24) is 10.2 Å². The highest BCUT2D eigenvalue weighted by atomic mass is 15.1. The maximum atomic E-state index is 3.91. The molecule has 3 unspecified atom stereocenters. The highest BCUT2D eigenvalue weighted by molar-refractivity contribution is 4.85. The van der Waals surface area contributed by atoms with Gasteiger partial charge in [0.1, 0.15) is 0 Å². The van der Waals surface area contributed by atoms with Gasteiger partial charge in [-0.15, -0.1) is 0 Å². The summed E-state index contributed by atoms with van der Waals surface area (Å²) in [4.78, 5) is 2.68. The van der Waals surface area contributed by atoms with Crippen molar-refractivity contribution in [2.75, 3.05) is 26.2 Å². The fourth-order valence-corrected chi connectivity index (χ4v) is 4.20. The highest BCUT2D eigenvalue weighted by Gasteiger charge is 2.30. The minimum Gasteiger partial charge on any atom is -0.312 e. The third-order valence-electron chi connectivity index (χ3n) is 5.56. The Kier molecular flexibility index (Phi) is 6.83. The molecule has 20 heavy (non-hydrogen) atoms. The molecule has 0 aromatic rings. The van der Waals surface area contributed by atoms with E-state index in [0.29, 0.717) is 0 Å². The van der Waals surface area contributed by atoms with Gasteiger partial charge in [-0.3, -0.25) is 0 Å². The summed E-state index contributed by atoms with van der Waals surface area (Å²) < 4.78 is 0. The standard InChI is InChI=1S/C18H36N2/c1-15(2)17-9-8-16(3)14-18(17)19-10-13-20-11-6-4-5-7-12-20/h15-19H,4-14H2,1-3H3. The molecule has 0 amide bonds. The van der Waals surface area contributed by atoms with Crippen LogP contribution in [0.25, 0.3) is 0 Å². The molecule has 1 aliphatic carbocycles. The zero-order chi connectivity index (χ0) is 14.4. The van der Waals surface area contributed by atoms with Crippen molar-refractivity contribution in [3.8, 4) is 0 Å². The van der Waals surface area contributed by atoms with E-state index in [1.165, 1.54) is 71.1 Å². The monoisotopic (exact) mass is 280 g/mol. The summed E-state index contributed by atoms with van der Waals surface area (Å²) in [5.41, 5.74) is 0. The van der Waals surface area contributed by atoms with Crippen LogP contribution in [-0.2, 0) is 0 Å². The van der Waals surface area contributed by atoms with Crippen molar-refractivity contribution in [1.29, 1.82) is 0 Å². The normalized spacial score (nSPS) is 33.3. The van der Waals surface area contributed by atoms with Crippen LogP contribution < -0.4 is 5.32 Å². The van der Waals surface area contributed by atoms with Gasteiger partial charge in [-0.25, -0.2) is 0 Å². The van der Waals surface area contributed by atoms with E-state index in [4.69, 9.17) is 0 Å². The molecule has 2 fully saturated rings. The Hall–Kier alpha value is -0.0800. The molecule has 3 atom stereocenters. The van der Waals surface area contributed by atoms with Gasteiger partial charge in [0.2, 0.25) is 0 Å². The summed E-state index contributed by atoms with van der Waals surface area (Å²) >= 11 is 0. The zero-order valence-corrected chi connectivity index (χ0v) is 14.0. The van der Waals surface area contributed by atoms with Crippen LogP contribution in [-0.4, -0.2) is 37.1 Å². The van der Waals surface area contributed by atoms with Crippen molar-refractivity contribution in [3.05, 3.63) is 0 Å². The Bertz CT molecular complexity index is 256. The van der Waals surface area contributed by atoms with E-state index < -0.39 is 0 Å². The van der Waals surface area contributed by atoms with E-state index in [9.17, 15) is 0 Å². The second-order valence-electron chi connectivity index (χ2n) is 7.64. The van der Waals surface area contributed by atoms with E-state index in [1.807, 2.05) is 0 Å². The van der Waals surface area contributed by atoms with Crippen molar-refractivity contribution in [2.24, 2.45) is 17.8 Å². The summed E-state index contributed by atoms with van der Waals surface area (Å²) in [5.74, 6) is 2.65. The van der Waals surface area contributed by atoms with Gasteiger partial charge in [0.05, 0.1) is 0 Å². The molecule has 0 bridgehead atoms. The predicted octanol–water partition coefficient (Wildman–Crippen LogP) is 3.91. The van der Waals surface area contributed by atoms with E-state index in [0.717, 1.165) is 23.8 Å². The predicted molar refractivity (Wildman–Crippen MR) is 88.0 cm³/mol. The van der Waals surface area contributed by atoms with Crippen LogP contribution in [0.15, 0.2) is 0 Å². The summed E-state index contributed by atoms with van der Waals surface area (Å²) in [7, 11) is 0. The van der Waals surface area contributed by atoms with Crippen molar-refractivity contribution in [3.63, 3.8) is 0 Å². The van der Waals surface area contributed by atoms with Crippen LogP contribution in [0.1, 0.15) is 65.7 Å². The van der Waals surface area contributed by atoms with E-state index in [-0.39, 0.29) is 0 Å². The summed E-state index contributed by atoms with van der Waals surface area (Å²) in [6.45, 7) is 12.4. The number of hydrogen-bond acceptors (Lipinski definition) is 2. The Labute approximate surface area is 126 Å². The largest absolute Gasteiger partial charge is 0.312 e. The summed E-state index contributed by atoms with van der Waals surface area (Å²) in [6.07, 6.45) is 9.97. The number of rotatable bonds is 5. The first-order valence-corrected chi connectivity index (χ1v) is 9.12. The van der Waals surface area contributed by atoms with Gasteiger partial charge in [-0.2, -0.15) is 0 Å². The summed E-state index contributed by atoms with van der Waals surface area (Å²) in [6, 6.07) is 0.769. The lowest BCUT2D eigenvalue weighted by Crippen LogP contribution is -2.45. The average molecular weight is 280 g/mol. The molecule has 1 saturated carbocycles. The van der Waals surface area contributed by atoms with Gasteiger partial charge in [-0.1, -0.05) is 40.0 Å². The van der Waals surface area contributed by atoms with Gasteiger partial charge in [0.25, 0.3) is 0 Å². The smallest absolute Gasteiger partial charge is 0.0107 e. The SMILES string of the molecule is CC1CCC(C(C)C)C(NCCN2CCCCCC2)C1. The third-order valence-corrected chi connectivity index (χ3v) is 5.56. The van der Waals surface area contributed by atoms with Gasteiger partial charge in [0.15, 0.2) is 0 Å². The highest BCUT2D eigenvalue weighted by Crippen LogP contribution is 2.33. The second-order valence-corrected chi connectivity index (χ2v) is 7.64. The Morgan fingerprint density at radius 2 is 1.75 bits per heavy atom. The number of nitrogens with one attached hydrogen (secondary N) is 1. The molecule has 0 aromatic carbocycles. The van der Waals surface area contributed by atoms with E-state index in [2.05, 4.69) is 31.0 Å². The molecule has 1 aliphatic heterocycles. The van der Waals surface area contributed by atoms with Crippen LogP contribution in [0.3, 0.4) is 0 Å². The van der Waals surface area contributed by atoms with Crippen LogP contribution >= 0.6 is 0 Å². The maximum Gasteiger partial charge on any atom is 0.0107 e.